The average Bonchev–Trinajstić information content (AvgIpc) is 1.33. The summed E-state index contributed by atoms with van der Waals surface area (Å²) >= 11 is 11.7. The van der Waals surface area contributed by atoms with Crippen LogP contribution in [0.25, 0.3) is 22.4 Å². The highest BCUT2D eigenvalue weighted by molar-refractivity contribution is 7.91. The Hall–Kier alpha value is -9.85. The number of nitrogens with zero attached hydrogens (tertiary/aromatic N) is 8. The number of imidazole rings is 1. The first-order chi connectivity index (χ1) is 65.2. The van der Waals surface area contributed by atoms with Crippen molar-refractivity contribution in [2.24, 2.45) is 0 Å². The monoisotopic (exact) mass is 2070 g/mol. The third-order valence-corrected chi connectivity index (χ3v) is 33.2. The molecule has 48 heteroatoms. The van der Waals surface area contributed by atoms with E-state index in [1.54, 1.807) is 19.1 Å². The van der Waals surface area contributed by atoms with Crippen LogP contribution >= 0.6 is 23.2 Å². The second-order valence-corrected chi connectivity index (χ2v) is 45.1. The summed E-state index contributed by atoms with van der Waals surface area (Å²) in [6.07, 6.45) is 21.6. The van der Waals surface area contributed by atoms with Gasteiger partial charge in [0.15, 0.2) is 46.4 Å². The molecule has 0 radical (unpaired) electrons. The maximum Gasteiger partial charge on any atom is 0.241 e. The highest BCUT2D eigenvalue weighted by Crippen LogP contribution is 2.33. The maximum absolute atomic E-state index is 14.6. The highest BCUT2D eigenvalue weighted by atomic mass is 35.5. The zero-order valence-corrected chi connectivity index (χ0v) is 83.1. The highest BCUT2D eigenvalue weighted by Gasteiger charge is 2.36. The van der Waals surface area contributed by atoms with Crippen molar-refractivity contribution in [1.82, 2.24) is 83.8 Å². The average molecular weight is 2070 g/mol. The van der Waals surface area contributed by atoms with Gasteiger partial charge in [-0.3, -0.25) is 43.0 Å². The number of hydrogen-bond donors (Lipinski definition) is 9. The van der Waals surface area contributed by atoms with Crippen molar-refractivity contribution >= 4 is 120 Å². The molecule has 4 aromatic carbocycles. The Morgan fingerprint density at radius 2 is 0.957 bits per heavy atom. The number of ketones is 5. The van der Waals surface area contributed by atoms with Crippen molar-refractivity contribution < 1.29 is 107 Å². The number of Topliss-reactive ketones (excluding diaryl/α,β-unsaturated/α-hetero) is 5. The predicted octanol–water partition coefficient (Wildman–Crippen LogP) is 10.7. The summed E-state index contributed by atoms with van der Waals surface area (Å²) in [5, 5.41) is 17.8. The van der Waals surface area contributed by atoms with Gasteiger partial charge in [-0.2, -0.15) is 15.3 Å². The number of carbonyl (C=O) groups is 8. The van der Waals surface area contributed by atoms with Crippen LogP contribution in [0.2, 0.25) is 10.0 Å². The Bertz CT molecular complexity index is 6260. The van der Waals surface area contributed by atoms with E-state index in [0.717, 1.165) is 123 Å². The SMILES string of the molecule is CCc1cc(F)cc(-c2cc(Cl)c(F)c(C(=O)CNS(=O)(=O)C3CCCCC3)c2)c1.CNC(=O)Cn1nc(C)cc1C(=O)CNS(=O)(=O)C1CCCCC1.Cc1nn(CC(=O)NC2CCC2)c(C(=O)CNS(=O)(=O)C2CCCCC2)c1F.Cc1nn(CC(=O)NCCN(C)C)c(C(=O)CNS(=O)(=O)C2CCCCC2)c1F.O=C(CNS(=O)(=O)c1cccc(Cl)c1)c1c(F)ccc(-c2cnc[nH]2)c1F. The van der Waals surface area contributed by atoms with Gasteiger partial charge in [0, 0.05) is 36.8 Å². The Morgan fingerprint density at radius 1 is 0.486 bits per heavy atom. The van der Waals surface area contributed by atoms with Crippen molar-refractivity contribution in [3.63, 3.8) is 0 Å². The number of halogens is 8. The molecule has 756 valence electrons. The van der Waals surface area contributed by atoms with E-state index in [1.165, 1.54) is 86.6 Å². The van der Waals surface area contributed by atoms with E-state index in [1.807, 2.05) is 30.6 Å². The minimum Gasteiger partial charge on any atom is -0.358 e. The van der Waals surface area contributed by atoms with Gasteiger partial charge in [-0.1, -0.05) is 119 Å². The zero-order chi connectivity index (χ0) is 101. The number of nitrogens with one attached hydrogen (secondary N) is 9. The maximum atomic E-state index is 14.6. The molecule has 35 nitrogen and oxygen atoms in total. The normalized spacial score (nSPS) is 15.4. The van der Waals surface area contributed by atoms with Crippen LogP contribution in [-0.4, -0.2) is 227 Å². The molecule has 0 bridgehead atoms. The fraction of sp³-hybridized carbons (Fsp3) is 0.511. The summed E-state index contributed by atoms with van der Waals surface area (Å²) in [6.45, 7) is 3.91. The molecule has 138 heavy (non-hydrogen) atoms. The molecular formula is C90H117Cl2F6N17O18S5. The predicted molar refractivity (Wildman–Crippen MR) is 506 cm³/mol. The Kier molecular flexibility index (Phi) is 41.7. The van der Waals surface area contributed by atoms with E-state index < -0.39 is 178 Å². The molecule has 5 saturated carbocycles. The van der Waals surface area contributed by atoms with Crippen molar-refractivity contribution in [1.29, 1.82) is 0 Å². The Labute approximate surface area is 809 Å². The minimum atomic E-state index is -4.08. The number of hydrogen-bond acceptors (Lipinski definition) is 23. The van der Waals surface area contributed by atoms with Gasteiger partial charge in [0.2, 0.25) is 67.8 Å². The number of carbonyl (C=O) groups excluding carboxylic acids is 8. The molecule has 8 aromatic rings. The molecule has 0 saturated heterocycles. The first kappa shape index (κ1) is 112. The number of likely N-dealkylation sites (N-methyl/N-ethyl adjacent to an activating group) is 2. The molecule has 9 N–H and O–H groups in total. The van der Waals surface area contributed by atoms with Gasteiger partial charge in [-0.05, 0) is 189 Å². The van der Waals surface area contributed by atoms with Crippen molar-refractivity contribution in [2.75, 3.05) is 67.0 Å². The number of aromatic amines is 1. The molecule has 5 aliphatic rings. The van der Waals surface area contributed by atoms with E-state index in [9.17, 15) is 107 Å². The van der Waals surface area contributed by atoms with Gasteiger partial charge < -0.3 is 25.8 Å². The van der Waals surface area contributed by atoms with Crippen LogP contribution in [0.15, 0.2) is 90.2 Å². The lowest BCUT2D eigenvalue weighted by Gasteiger charge is -2.26. The van der Waals surface area contributed by atoms with Gasteiger partial charge in [0.1, 0.15) is 54.2 Å². The zero-order valence-electron chi connectivity index (χ0n) is 77.5. The standard InChI is InChI=1S/C22H24ClF2NO3S.C18H30FN5O4S.C18H27FN4O4S.C17H12ClF2N3O3S.C15H24N4O4S/c1-2-14-8-15(10-17(24)9-14)16-11-19(22(25)20(23)12-16)21(27)13-26-30(28,29)18-6-4-3-5-7-18;1-13-17(19)18(24(22-13)12-16(26)20-9-10-23(2)3)15(25)11-21-29(27,28)14-7-5-4-6-8-14;1-12-17(19)18(23(22-12)11-16(25)21-13-6-5-7-13)15(24)10-20-28(26,27)14-8-3-2-4-9-14;18-10-2-1-3-11(6-10)27(25,26)23-8-15(24)16-13(19)5-4-12(17(16)20)14-7-21-9-22-14;1-11-8-13(19(18-11)10-15(21)16-2)14(20)9-17-24(22,23)12-6-4-3-5-7-12/h8-12,18,26H,2-7,13H2,1H3;14,21H,4-12H2,1-3H3,(H,20,26);13-14,20H,2-11H2,1H3,(H,21,25);1-7,9,23H,8H2,(H,21,22);8,12,17H,3-7,9-10H2,1-2H3,(H,16,21). The van der Waals surface area contributed by atoms with Gasteiger partial charge in [-0.15, -0.1) is 0 Å². The van der Waals surface area contributed by atoms with E-state index >= 15 is 0 Å². The van der Waals surface area contributed by atoms with Crippen LogP contribution in [0.1, 0.15) is 229 Å². The number of amides is 3. The molecular weight excluding hydrogens is 1950 g/mol. The molecule has 4 aromatic heterocycles. The Balaban J connectivity index is 0.000000193. The first-order valence-corrected chi connectivity index (χ1v) is 53.7. The van der Waals surface area contributed by atoms with Crippen molar-refractivity contribution in [3.05, 3.63) is 181 Å². The van der Waals surface area contributed by atoms with E-state index in [4.69, 9.17) is 23.2 Å². The van der Waals surface area contributed by atoms with Gasteiger partial charge in [0.05, 0.1) is 110 Å². The fourth-order valence-electron chi connectivity index (χ4n) is 15.9. The fourth-order valence-corrected chi connectivity index (χ4v) is 23.5. The lowest BCUT2D eigenvalue weighted by molar-refractivity contribution is -0.123. The number of H-pyrrole nitrogens is 1. The van der Waals surface area contributed by atoms with Crippen molar-refractivity contribution in [2.45, 2.75) is 233 Å². The molecule has 3 amide bonds. The van der Waals surface area contributed by atoms with E-state index in [0.29, 0.717) is 87.7 Å². The molecule has 0 aliphatic heterocycles. The summed E-state index contributed by atoms with van der Waals surface area (Å²) in [4.78, 5) is 106. The largest absolute Gasteiger partial charge is 0.358 e. The second kappa shape index (κ2) is 51.5. The molecule has 4 heterocycles. The summed E-state index contributed by atoms with van der Waals surface area (Å²) in [7, 11) is -13.3. The summed E-state index contributed by atoms with van der Waals surface area (Å²) in [6, 6.07) is 16.2. The smallest absolute Gasteiger partial charge is 0.241 e. The second-order valence-electron chi connectivity index (χ2n) is 34.3. The van der Waals surface area contributed by atoms with Gasteiger partial charge in [-0.25, -0.2) is 106 Å². The quantitative estimate of drug-likeness (QED) is 0.0128. The third-order valence-electron chi connectivity index (χ3n) is 23.8. The number of aryl methyl sites for hydroxylation is 4. The van der Waals surface area contributed by atoms with Crippen LogP contribution in [0, 0.1) is 55.7 Å². The van der Waals surface area contributed by atoms with Gasteiger partial charge >= 0.3 is 0 Å². The van der Waals surface area contributed by atoms with Crippen molar-refractivity contribution in [3.8, 4) is 22.4 Å². The molecule has 5 fully saturated rings. The summed E-state index contributed by atoms with van der Waals surface area (Å²) in [5.74, 6) is -9.96. The topological polar surface area (TPSA) is 489 Å². The third kappa shape index (κ3) is 32.1. The first-order valence-electron chi connectivity index (χ1n) is 45.3. The van der Waals surface area contributed by atoms with Gasteiger partial charge in [0.25, 0.3) is 0 Å². The van der Waals surface area contributed by atoms with Crippen LogP contribution in [-0.2, 0) is 90.6 Å². The van der Waals surface area contributed by atoms with Crippen LogP contribution < -0.4 is 39.6 Å². The van der Waals surface area contributed by atoms with Crippen LogP contribution in [0.4, 0.5) is 26.3 Å². The summed E-state index contributed by atoms with van der Waals surface area (Å²) in [5.41, 5.74) is 0.653. The number of aromatic nitrogens is 8. The molecule has 0 atom stereocenters. The minimum absolute atomic E-state index is 0.00469. The lowest BCUT2D eigenvalue weighted by Crippen LogP contribution is -2.42. The molecule has 0 spiro atoms. The van der Waals surface area contributed by atoms with Crippen LogP contribution in [0.5, 0.6) is 0 Å². The van der Waals surface area contributed by atoms with E-state index in [-0.39, 0.29) is 98.6 Å². The Morgan fingerprint density at radius 3 is 1.41 bits per heavy atom. The summed E-state index contributed by atoms with van der Waals surface area (Å²) < 4.78 is 224. The van der Waals surface area contributed by atoms with E-state index in [2.05, 4.69) is 60.1 Å². The molecule has 5 aliphatic carbocycles. The number of benzene rings is 4. The number of rotatable bonds is 38. The lowest BCUT2D eigenvalue weighted by atomic mass is 9.93. The number of sulfonamides is 5. The molecule has 0 unspecified atom stereocenters. The molecule has 13 rings (SSSR count). The van der Waals surface area contributed by atoms with Crippen LogP contribution in [0.3, 0.4) is 0 Å².